The molecule has 1 amide bonds. The van der Waals surface area contributed by atoms with Gasteiger partial charge in [-0.25, -0.2) is 14.6 Å². The minimum absolute atomic E-state index is 0.121. The van der Waals surface area contributed by atoms with E-state index in [4.69, 9.17) is 9.47 Å². The van der Waals surface area contributed by atoms with Crippen molar-refractivity contribution in [2.24, 2.45) is 0 Å². The van der Waals surface area contributed by atoms with Crippen LogP contribution in [0, 0.1) is 0 Å². The molecule has 1 aromatic rings. The molecule has 1 rings (SSSR count). The molecule has 1 heterocycles. The molecule has 0 unspecified atom stereocenters. The first-order valence-corrected chi connectivity index (χ1v) is 13.9. The van der Waals surface area contributed by atoms with E-state index in [0.29, 0.717) is 0 Å². The third-order valence-electron chi connectivity index (χ3n) is 6.00. The van der Waals surface area contributed by atoms with Crippen molar-refractivity contribution >= 4 is 12.1 Å². The highest BCUT2D eigenvalue weighted by Gasteiger charge is 2.28. The lowest BCUT2D eigenvalue weighted by atomic mass is 10.0. The van der Waals surface area contributed by atoms with Crippen LogP contribution in [0.1, 0.15) is 130 Å². The fourth-order valence-electron chi connectivity index (χ4n) is 4.07. The second-order valence-electron chi connectivity index (χ2n) is 10.7. The molecule has 1 aromatic heterocycles. The van der Waals surface area contributed by atoms with Gasteiger partial charge in [0.25, 0.3) is 0 Å². The summed E-state index contributed by atoms with van der Waals surface area (Å²) >= 11 is 0. The molecule has 0 aliphatic heterocycles. The van der Waals surface area contributed by atoms with Gasteiger partial charge in [-0.1, -0.05) is 78.1 Å². The van der Waals surface area contributed by atoms with Crippen LogP contribution in [-0.4, -0.2) is 39.8 Å². The summed E-state index contributed by atoms with van der Waals surface area (Å²) in [5.74, 6) is -0.410. The van der Waals surface area contributed by atoms with E-state index in [1.807, 2.05) is 0 Å². The molecule has 0 bridgehead atoms. The van der Waals surface area contributed by atoms with Gasteiger partial charge in [-0.2, -0.15) is 0 Å². The monoisotopic (exact) mass is 493 g/mol. The molecule has 7 nitrogen and oxygen atoms in total. The summed E-state index contributed by atoms with van der Waals surface area (Å²) in [6.45, 7) is 9.84. The normalized spacial score (nSPS) is 12.5. The molecule has 0 aromatic carbocycles. The molecular formula is C28H51N3O4. The number of hydrogen-bond donors (Lipinski definition) is 2. The molecule has 1 atom stereocenters. The van der Waals surface area contributed by atoms with Gasteiger partial charge in [0, 0.05) is 18.3 Å². The summed E-state index contributed by atoms with van der Waals surface area (Å²) in [6, 6.07) is -0.832. The van der Waals surface area contributed by atoms with Crippen molar-refractivity contribution in [1.82, 2.24) is 15.3 Å². The molecule has 0 saturated carbocycles. The zero-order valence-electron chi connectivity index (χ0n) is 23.0. The van der Waals surface area contributed by atoms with Crippen LogP contribution < -0.4 is 5.32 Å². The number of amides is 1. The van der Waals surface area contributed by atoms with Crippen molar-refractivity contribution in [3.8, 4) is 0 Å². The quantitative estimate of drug-likeness (QED) is 0.156. The molecule has 0 saturated heterocycles. The average molecular weight is 494 g/mol. The van der Waals surface area contributed by atoms with Crippen LogP contribution in [0.15, 0.2) is 12.5 Å². The Kier molecular flexibility index (Phi) is 16.2. The van der Waals surface area contributed by atoms with Crippen LogP contribution in [0.4, 0.5) is 4.79 Å². The number of nitrogens with zero attached hydrogens (tertiary/aromatic N) is 1. The number of carbonyl (C=O) groups excluding carboxylic acids is 2. The topological polar surface area (TPSA) is 93.3 Å². The molecule has 0 radical (unpaired) electrons. The Balaban J connectivity index is 2.71. The van der Waals surface area contributed by atoms with Crippen LogP contribution >= 0.6 is 0 Å². The van der Waals surface area contributed by atoms with Crippen molar-refractivity contribution < 1.29 is 19.1 Å². The average Bonchev–Trinajstić information content (AvgIpc) is 3.29. The fourth-order valence-corrected chi connectivity index (χ4v) is 4.07. The number of aromatic amines is 1. The summed E-state index contributed by atoms with van der Waals surface area (Å²) < 4.78 is 11.4. The SMILES string of the molecule is CCCCCCCCC(CCCCCCCC)OC(=O)[C@H](Cc1cnc[nH]1)NC(=O)OC(C)(C)C. The number of H-pyrrole nitrogens is 1. The van der Waals surface area contributed by atoms with Crippen molar-refractivity contribution in [2.45, 2.75) is 149 Å². The molecule has 202 valence electrons. The Morgan fingerprint density at radius 2 is 1.46 bits per heavy atom. The highest BCUT2D eigenvalue weighted by molar-refractivity contribution is 5.81. The number of nitrogens with one attached hydrogen (secondary N) is 2. The lowest BCUT2D eigenvalue weighted by Crippen LogP contribution is -2.46. The van der Waals surface area contributed by atoms with E-state index in [-0.39, 0.29) is 12.5 Å². The Morgan fingerprint density at radius 1 is 0.914 bits per heavy atom. The van der Waals surface area contributed by atoms with Crippen molar-refractivity contribution in [3.05, 3.63) is 18.2 Å². The van der Waals surface area contributed by atoms with Gasteiger partial charge in [0.2, 0.25) is 0 Å². The number of carbonyl (C=O) groups is 2. The molecule has 0 aliphatic rings. The van der Waals surface area contributed by atoms with Crippen LogP contribution in [-0.2, 0) is 20.7 Å². The first kappa shape index (κ1) is 31.0. The summed E-state index contributed by atoms with van der Waals surface area (Å²) in [5, 5.41) is 2.71. The van der Waals surface area contributed by atoms with E-state index in [9.17, 15) is 9.59 Å². The Hall–Kier alpha value is -2.05. The summed E-state index contributed by atoms with van der Waals surface area (Å²) in [7, 11) is 0. The van der Waals surface area contributed by atoms with Crippen LogP contribution in [0.2, 0.25) is 0 Å². The van der Waals surface area contributed by atoms with Gasteiger partial charge in [-0.05, 0) is 46.5 Å². The first-order chi connectivity index (χ1) is 16.7. The minimum atomic E-state index is -0.832. The maximum Gasteiger partial charge on any atom is 0.408 e. The summed E-state index contributed by atoms with van der Waals surface area (Å²) in [6.07, 6.45) is 19.0. The molecule has 0 fully saturated rings. The van der Waals surface area contributed by atoms with E-state index < -0.39 is 23.7 Å². The number of esters is 1. The third kappa shape index (κ3) is 16.3. The standard InChI is InChI=1S/C28H51N3O4/c1-6-8-10-12-14-16-18-24(19-17-15-13-11-9-7-2)34-26(32)25(20-23-21-29-22-30-23)31-27(33)35-28(3,4)5/h21-22,24-25H,6-20H2,1-5H3,(H,29,30)(H,31,33)/t25-/m0/s1. The van der Waals surface area contributed by atoms with Crippen LogP contribution in [0.3, 0.4) is 0 Å². The number of aromatic nitrogens is 2. The maximum absolute atomic E-state index is 13.2. The molecule has 7 heteroatoms. The van der Waals surface area contributed by atoms with E-state index >= 15 is 0 Å². The van der Waals surface area contributed by atoms with Gasteiger partial charge in [0.05, 0.1) is 6.33 Å². The highest BCUT2D eigenvalue weighted by atomic mass is 16.6. The first-order valence-electron chi connectivity index (χ1n) is 13.9. The number of rotatable bonds is 19. The van der Waals surface area contributed by atoms with Crippen LogP contribution in [0.25, 0.3) is 0 Å². The van der Waals surface area contributed by atoms with Crippen LogP contribution in [0.5, 0.6) is 0 Å². The van der Waals surface area contributed by atoms with E-state index in [1.54, 1.807) is 33.3 Å². The van der Waals surface area contributed by atoms with Gasteiger partial charge in [-0.3, -0.25) is 0 Å². The molecule has 2 N–H and O–H groups in total. The minimum Gasteiger partial charge on any atom is -0.461 e. The Morgan fingerprint density at radius 3 is 1.94 bits per heavy atom. The van der Waals surface area contributed by atoms with E-state index in [1.165, 1.54) is 51.4 Å². The van der Waals surface area contributed by atoms with E-state index in [2.05, 4.69) is 29.1 Å². The Bertz CT molecular complexity index is 654. The zero-order valence-corrected chi connectivity index (χ0v) is 23.0. The second kappa shape index (κ2) is 18.3. The number of imidazole rings is 1. The maximum atomic E-state index is 13.2. The number of alkyl carbamates (subject to hydrolysis) is 1. The lowest BCUT2D eigenvalue weighted by molar-refractivity contribution is -0.152. The van der Waals surface area contributed by atoms with E-state index in [0.717, 1.165) is 44.2 Å². The summed E-state index contributed by atoms with van der Waals surface area (Å²) in [5.41, 5.74) is 0.108. The van der Waals surface area contributed by atoms with Crippen molar-refractivity contribution in [1.29, 1.82) is 0 Å². The zero-order chi connectivity index (χ0) is 25.9. The van der Waals surface area contributed by atoms with Gasteiger partial charge < -0.3 is 19.8 Å². The lowest BCUT2D eigenvalue weighted by Gasteiger charge is -2.25. The highest BCUT2D eigenvalue weighted by Crippen LogP contribution is 2.18. The number of hydrogen-bond acceptors (Lipinski definition) is 5. The summed E-state index contributed by atoms with van der Waals surface area (Å²) in [4.78, 5) is 32.6. The van der Waals surface area contributed by atoms with Gasteiger partial charge in [0.15, 0.2) is 0 Å². The second-order valence-corrected chi connectivity index (χ2v) is 10.7. The number of ether oxygens (including phenoxy) is 2. The van der Waals surface area contributed by atoms with Gasteiger partial charge >= 0.3 is 12.1 Å². The number of unbranched alkanes of at least 4 members (excludes halogenated alkanes) is 10. The van der Waals surface area contributed by atoms with Gasteiger partial charge in [0.1, 0.15) is 17.7 Å². The molecule has 0 spiro atoms. The fraction of sp³-hybridized carbons (Fsp3) is 0.821. The smallest absolute Gasteiger partial charge is 0.408 e. The molecule has 0 aliphatic carbocycles. The predicted molar refractivity (Wildman–Crippen MR) is 141 cm³/mol. The Labute approximate surface area is 213 Å². The predicted octanol–water partition coefficient (Wildman–Crippen LogP) is 7.26. The molecule has 35 heavy (non-hydrogen) atoms. The largest absolute Gasteiger partial charge is 0.461 e. The van der Waals surface area contributed by atoms with Crippen molar-refractivity contribution in [3.63, 3.8) is 0 Å². The molecular weight excluding hydrogens is 442 g/mol. The van der Waals surface area contributed by atoms with Gasteiger partial charge in [-0.15, -0.1) is 0 Å². The third-order valence-corrected chi connectivity index (χ3v) is 6.00. The van der Waals surface area contributed by atoms with Crippen molar-refractivity contribution in [2.75, 3.05) is 0 Å².